The molecular formula is C17H37NO3. The van der Waals surface area contributed by atoms with E-state index in [1.54, 1.807) is 21.3 Å². The summed E-state index contributed by atoms with van der Waals surface area (Å²) in [4.78, 5) is 0. The van der Waals surface area contributed by atoms with E-state index in [9.17, 15) is 0 Å². The third-order valence-corrected chi connectivity index (χ3v) is 4.09. The number of methoxy groups -OCH3 is 3. The quantitative estimate of drug-likeness (QED) is 0.344. The maximum atomic E-state index is 5.29. The van der Waals surface area contributed by atoms with Crippen molar-refractivity contribution in [2.24, 2.45) is 0 Å². The van der Waals surface area contributed by atoms with Crippen LogP contribution in [0.2, 0.25) is 0 Å². The van der Waals surface area contributed by atoms with Gasteiger partial charge in [-0.05, 0) is 26.4 Å². The highest BCUT2D eigenvalue weighted by Crippen LogP contribution is 2.21. The summed E-state index contributed by atoms with van der Waals surface area (Å²) in [5, 5.41) is 3.19. The number of unbranched alkanes of at least 4 members (excludes halogenated alkanes) is 9. The molecule has 128 valence electrons. The molecule has 0 bridgehead atoms. The van der Waals surface area contributed by atoms with Crippen LogP contribution in [0.4, 0.5) is 0 Å². The van der Waals surface area contributed by atoms with E-state index in [1.165, 1.54) is 57.8 Å². The standard InChI is InChI=1S/C17H37NO3/c1-18-16-14-12-10-8-6-5-7-9-11-13-15-17(19-2,20-3)21-4/h18H,5-16H2,1-4H3. The first kappa shape index (κ1) is 20.8. The van der Waals surface area contributed by atoms with Gasteiger partial charge in [-0.3, -0.25) is 0 Å². The average molecular weight is 303 g/mol. The third-order valence-electron chi connectivity index (χ3n) is 4.09. The highest BCUT2D eigenvalue weighted by Gasteiger charge is 2.28. The zero-order chi connectivity index (χ0) is 15.8. The maximum Gasteiger partial charge on any atom is 0.282 e. The molecule has 0 saturated heterocycles. The predicted octanol–water partition coefficient (Wildman–Crippen LogP) is 4.09. The minimum Gasteiger partial charge on any atom is -0.331 e. The summed E-state index contributed by atoms with van der Waals surface area (Å²) >= 11 is 0. The largest absolute Gasteiger partial charge is 0.331 e. The highest BCUT2D eigenvalue weighted by molar-refractivity contribution is 4.57. The summed E-state index contributed by atoms with van der Waals surface area (Å²) < 4.78 is 15.9. The van der Waals surface area contributed by atoms with Gasteiger partial charge in [0.15, 0.2) is 0 Å². The lowest BCUT2D eigenvalue weighted by atomic mass is 10.1. The summed E-state index contributed by atoms with van der Waals surface area (Å²) in [6.45, 7) is 1.16. The molecule has 0 aliphatic carbocycles. The Morgan fingerprint density at radius 1 is 0.619 bits per heavy atom. The van der Waals surface area contributed by atoms with Crippen molar-refractivity contribution in [3.63, 3.8) is 0 Å². The summed E-state index contributed by atoms with van der Waals surface area (Å²) in [5.74, 6) is -0.840. The van der Waals surface area contributed by atoms with Gasteiger partial charge in [-0.15, -0.1) is 0 Å². The van der Waals surface area contributed by atoms with Crippen LogP contribution >= 0.6 is 0 Å². The molecule has 0 rings (SSSR count). The fourth-order valence-corrected chi connectivity index (χ4v) is 2.61. The summed E-state index contributed by atoms with van der Waals surface area (Å²) in [5.41, 5.74) is 0. The monoisotopic (exact) mass is 303 g/mol. The molecule has 0 amide bonds. The Morgan fingerprint density at radius 3 is 1.38 bits per heavy atom. The van der Waals surface area contributed by atoms with Gasteiger partial charge in [-0.25, -0.2) is 0 Å². The summed E-state index contributed by atoms with van der Waals surface area (Å²) in [6.07, 6.45) is 14.0. The van der Waals surface area contributed by atoms with Gasteiger partial charge in [0.2, 0.25) is 0 Å². The lowest BCUT2D eigenvalue weighted by molar-refractivity contribution is -0.355. The van der Waals surface area contributed by atoms with Crippen LogP contribution in [0.25, 0.3) is 0 Å². The van der Waals surface area contributed by atoms with Crippen LogP contribution in [0, 0.1) is 0 Å². The Balaban J connectivity index is 3.29. The van der Waals surface area contributed by atoms with Crippen molar-refractivity contribution in [3.05, 3.63) is 0 Å². The molecule has 4 nitrogen and oxygen atoms in total. The molecule has 0 spiro atoms. The molecule has 0 heterocycles. The molecule has 0 unspecified atom stereocenters. The van der Waals surface area contributed by atoms with Crippen LogP contribution in [-0.2, 0) is 14.2 Å². The summed E-state index contributed by atoms with van der Waals surface area (Å²) in [7, 11) is 6.91. The van der Waals surface area contributed by atoms with E-state index in [0.717, 1.165) is 19.4 Å². The van der Waals surface area contributed by atoms with Crippen molar-refractivity contribution < 1.29 is 14.2 Å². The lowest BCUT2D eigenvalue weighted by Gasteiger charge is -2.28. The Labute approximate surface area is 131 Å². The van der Waals surface area contributed by atoms with E-state index in [4.69, 9.17) is 14.2 Å². The second kappa shape index (κ2) is 14.8. The Kier molecular flexibility index (Phi) is 14.7. The molecule has 0 aromatic carbocycles. The number of nitrogens with one attached hydrogen (secondary N) is 1. The van der Waals surface area contributed by atoms with Gasteiger partial charge in [0.25, 0.3) is 5.97 Å². The van der Waals surface area contributed by atoms with Gasteiger partial charge < -0.3 is 19.5 Å². The fourth-order valence-electron chi connectivity index (χ4n) is 2.61. The van der Waals surface area contributed by atoms with Crippen LogP contribution in [0.1, 0.15) is 70.6 Å². The molecular weight excluding hydrogens is 266 g/mol. The van der Waals surface area contributed by atoms with Gasteiger partial charge >= 0.3 is 0 Å². The highest BCUT2D eigenvalue weighted by atomic mass is 16.9. The van der Waals surface area contributed by atoms with Gasteiger partial charge in [-0.2, -0.15) is 0 Å². The smallest absolute Gasteiger partial charge is 0.282 e. The Hall–Kier alpha value is -0.160. The Morgan fingerprint density at radius 2 is 1.00 bits per heavy atom. The van der Waals surface area contributed by atoms with Crippen LogP contribution in [0.5, 0.6) is 0 Å². The molecule has 0 radical (unpaired) electrons. The third kappa shape index (κ3) is 11.1. The van der Waals surface area contributed by atoms with Crippen molar-refractivity contribution in [1.29, 1.82) is 0 Å². The molecule has 0 saturated carbocycles. The molecule has 0 fully saturated rings. The Bertz CT molecular complexity index is 200. The molecule has 1 N–H and O–H groups in total. The van der Waals surface area contributed by atoms with E-state index >= 15 is 0 Å². The SMILES string of the molecule is CNCCCCCCCCCCCCC(OC)(OC)OC. The number of rotatable bonds is 16. The van der Waals surface area contributed by atoms with Crippen molar-refractivity contribution in [3.8, 4) is 0 Å². The maximum absolute atomic E-state index is 5.29. The van der Waals surface area contributed by atoms with Gasteiger partial charge in [0.1, 0.15) is 0 Å². The number of ether oxygens (including phenoxy) is 3. The van der Waals surface area contributed by atoms with Crippen LogP contribution in [0.15, 0.2) is 0 Å². The van der Waals surface area contributed by atoms with Crippen molar-refractivity contribution in [2.75, 3.05) is 34.9 Å². The molecule has 0 aliphatic rings. The van der Waals surface area contributed by atoms with Gasteiger partial charge in [0, 0.05) is 27.8 Å². The van der Waals surface area contributed by atoms with Crippen molar-refractivity contribution in [1.82, 2.24) is 5.32 Å². The predicted molar refractivity (Wildman–Crippen MR) is 88.5 cm³/mol. The molecule has 0 aromatic rings. The summed E-state index contributed by atoms with van der Waals surface area (Å²) in [6, 6.07) is 0. The van der Waals surface area contributed by atoms with Crippen molar-refractivity contribution in [2.45, 2.75) is 76.6 Å². The van der Waals surface area contributed by atoms with Crippen LogP contribution in [0.3, 0.4) is 0 Å². The average Bonchev–Trinajstić information content (AvgIpc) is 2.53. The zero-order valence-electron chi connectivity index (χ0n) is 14.7. The number of hydrogen-bond acceptors (Lipinski definition) is 4. The normalized spacial score (nSPS) is 12.0. The minimum absolute atomic E-state index is 0.794. The first-order valence-electron chi connectivity index (χ1n) is 8.54. The van der Waals surface area contributed by atoms with Gasteiger partial charge in [0.05, 0.1) is 0 Å². The topological polar surface area (TPSA) is 39.7 Å². The second-order valence-corrected chi connectivity index (χ2v) is 5.68. The van der Waals surface area contributed by atoms with E-state index in [0.29, 0.717) is 0 Å². The molecule has 21 heavy (non-hydrogen) atoms. The fraction of sp³-hybridized carbons (Fsp3) is 1.00. The van der Waals surface area contributed by atoms with E-state index < -0.39 is 5.97 Å². The van der Waals surface area contributed by atoms with E-state index in [1.807, 2.05) is 7.05 Å². The minimum atomic E-state index is -0.840. The zero-order valence-corrected chi connectivity index (χ0v) is 14.7. The second-order valence-electron chi connectivity index (χ2n) is 5.68. The first-order valence-corrected chi connectivity index (χ1v) is 8.54. The van der Waals surface area contributed by atoms with E-state index in [2.05, 4.69) is 5.32 Å². The van der Waals surface area contributed by atoms with Crippen LogP contribution in [-0.4, -0.2) is 40.9 Å². The molecule has 4 heteroatoms. The van der Waals surface area contributed by atoms with Gasteiger partial charge in [-0.1, -0.05) is 51.4 Å². The van der Waals surface area contributed by atoms with E-state index in [-0.39, 0.29) is 0 Å². The molecule has 0 aromatic heterocycles. The molecule has 0 atom stereocenters. The lowest BCUT2D eigenvalue weighted by Crippen LogP contribution is -2.35. The van der Waals surface area contributed by atoms with Crippen LogP contribution < -0.4 is 5.32 Å². The number of hydrogen-bond donors (Lipinski definition) is 1. The molecule has 0 aliphatic heterocycles. The first-order chi connectivity index (χ1) is 10.2. The van der Waals surface area contributed by atoms with Crippen molar-refractivity contribution >= 4 is 0 Å².